The maximum absolute atomic E-state index is 11.7. The number of hydrogen-bond donors (Lipinski definition) is 2. The molecule has 102 valence electrons. The van der Waals surface area contributed by atoms with Crippen molar-refractivity contribution in [2.24, 2.45) is 0 Å². The van der Waals surface area contributed by atoms with E-state index in [0.29, 0.717) is 19.5 Å². The number of nitrogens with two attached hydrogens (primary N) is 1. The van der Waals surface area contributed by atoms with Gasteiger partial charge >= 0.3 is 0 Å². The summed E-state index contributed by atoms with van der Waals surface area (Å²) in [5.41, 5.74) is 7.53. The normalized spacial score (nSPS) is 20.4. The zero-order valence-electron chi connectivity index (χ0n) is 11.1. The van der Waals surface area contributed by atoms with Gasteiger partial charge in [-0.1, -0.05) is 19.1 Å². The maximum atomic E-state index is 11.7. The monoisotopic (exact) mass is 261 g/mol. The molecule has 5 nitrogen and oxygen atoms in total. The molecule has 1 aromatic carbocycles. The Balaban J connectivity index is 1.98. The van der Waals surface area contributed by atoms with E-state index in [4.69, 9.17) is 5.73 Å². The molecule has 1 aliphatic heterocycles. The van der Waals surface area contributed by atoms with E-state index in [2.05, 4.69) is 5.32 Å². The van der Waals surface area contributed by atoms with E-state index in [0.717, 1.165) is 17.7 Å². The summed E-state index contributed by atoms with van der Waals surface area (Å²) >= 11 is 0. The van der Waals surface area contributed by atoms with Crippen LogP contribution < -0.4 is 11.1 Å². The van der Waals surface area contributed by atoms with Crippen LogP contribution in [0.25, 0.3) is 0 Å². The molecule has 0 aliphatic carbocycles. The molecule has 2 rings (SSSR count). The van der Waals surface area contributed by atoms with Gasteiger partial charge in [-0.05, 0) is 30.5 Å². The lowest BCUT2D eigenvalue weighted by atomic mass is 10.1. The van der Waals surface area contributed by atoms with Gasteiger partial charge in [0.25, 0.3) is 0 Å². The van der Waals surface area contributed by atoms with Crippen LogP contribution in [-0.2, 0) is 16.0 Å². The van der Waals surface area contributed by atoms with Crippen LogP contribution >= 0.6 is 0 Å². The smallest absolute Gasteiger partial charge is 0.243 e. The van der Waals surface area contributed by atoms with Gasteiger partial charge in [-0.15, -0.1) is 0 Å². The Morgan fingerprint density at radius 1 is 1.32 bits per heavy atom. The van der Waals surface area contributed by atoms with Crippen molar-refractivity contribution in [1.29, 1.82) is 0 Å². The molecule has 1 atom stereocenters. The van der Waals surface area contributed by atoms with Gasteiger partial charge in [-0.3, -0.25) is 19.8 Å². The van der Waals surface area contributed by atoms with Crippen molar-refractivity contribution < 1.29 is 9.59 Å². The van der Waals surface area contributed by atoms with Gasteiger partial charge in [0.15, 0.2) is 0 Å². The zero-order valence-corrected chi connectivity index (χ0v) is 11.1. The molecule has 0 bridgehead atoms. The fraction of sp³-hybridized carbons (Fsp3) is 0.429. The number of carbonyl (C=O) groups is 2. The van der Waals surface area contributed by atoms with Crippen molar-refractivity contribution in [3.63, 3.8) is 0 Å². The largest absolute Gasteiger partial charge is 0.399 e. The van der Waals surface area contributed by atoms with Gasteiger partial charge in [-0.2, -0.15) is 0 Å². The summed E-state index contributed by atoms with van der Waals surface area (Å²) in [4.78, 5) is 25.1. The predicted octanol–water partition coefficient (Wildman–Crippen LogP) is 0.548. The summed E-state index contributed by atoms with van der Waals surface area (Å²) in [6.07, 6.45) is 1.51. The Hall–Kier alpha value is -1.88. The van der Waals surface area contributed by atoms with E-state index in [1.807, 2.05) is 36.1 Å². The van der Waals surface area contributed by atoms with Crippen molar-refractivity contribution >= 4 is 17.5 Å². The minimum absolute atomic E-state index is 0.184. The average Bonchev–Trinajstić information content (AvgIpc) is 2.37. The molecule has 1 fully saturated rings. The molecular weight excluding hydrogens is 242 g/mol. The molecule has 19 heavy (non-hydrogen) atoms. The molecule has 1 heterocycles. The van der Waals surface area contributed by atoms with Crippen molar-refractivity contribution in [2.75, 3.05) is 18.8 Å². The van der Waals surface area contributed by atoms with Crippen LogP contribution in [0.1, 0.15) is 18.9 Å². The highest BCUT2D eigenvalue weighted by molar-refractivity contribution is 6.01. The standard InChI is InChI=1S/C14H19N3O2/c1-2-12-14(19)16-13(18)9-17(12)8-7-10-3-5-11(15)6-4-10/h3-6,12H,2,7-9,15H2,1H3,(H,16,18,19). The average molecular weight is 261 g/mol. The Kier molecular flexibility index (Phi) is 4.16. The van der Waals surface area contributed by atoms with Crippen molar-refractivity contribution in [3.05, 3.63) is 29.8 Å². The molecule has 3 N–H and O–H groups in total. The highest BCUT2D eigenvalue weighted by atomic mass is 16.2. The molecule has 1 unspecified atom stereocenters. The first-order chi connectivity index (χ1) is 9.10. The first kappa shape index (κ1) is 13.5. The van der Waals surface area contributed by atoms with Crippen LogP contribution in [0.3, 0.4) is 0 Å². The number of amides is 2. The van der Waals surface area contributed by atoms with Crippen LogP contribution in [0, 0.1) is 0 Å². The highest BCUT2D eigenvalue weighted by Crippen LogP contribution is 2.12. The van der Waals surface area contributed by atoms with E-state index < -0.39 is 0 Å². The zero-order chi connectivity index (χ0) is 13.8. The summed E-state index contributed by atoms with van der Waals surface area (Å²) < 4.78 is 0. The second-order valence-electron chi connectivity index (χ2n) is 4.80. The van der Waals surface area contributed by atoms with E-state index in [1.54, 1.807) is 0 Å². The second-order valence-corrected chi connectivity index (χ2v) is 4.80. The lowest BCUT2D eigenvalue weighted by molar-refractivity contribution is -0.140. The van der Waals surface area contributed by atoms with Crippen LogP contribution in [-0.4, -0.2) is 35.8 Å². The number of imide groups is 1. The first-order valence-electron chi connectivity index (χ1n) is 6.52. The van der Waals surface area contributed by atoms with E-state index >= 15 is 0 Å². The van der Waals surface area contributed by atoms with Gasteiger partial charge in [-0.25, -0.2) is 0 Å². The minimum Gasteiger partial charge on any atom is -0.399 e. The third-order valence-electron chi connectivity index (χ3n) is 3.41. The molecular formula is C14H19N3O2. The number of rotatable bonds is 4. The van der Waals surface area contributed by atoms with Crippen molar-refractivity contribution in [2.45, 2.75) is 25.8 Å². The highest BCUT2D eigenvalue weighted by Gasteiger charge is 2.31. The second kappa shape index (κ2) is 5.84. The number of piperazine rings is 1. The van der Waals surface area contributed by atoms with Crippen LogP contribution in [0.2, 0.25) is 0 Å². The van der Waals surface area contributed by atoms with Crippen LogP contribution in [0.4, 0.5) is 5.69 Å². The van der Waals surface area contributed by atoms with Gasteiger partial charge in [0.2, 0.25) is 11.8 Å². The number of nitrogens with one attached hydrogen (secondary N) is 1. The number of nitrogens with zero attached hydrogens (tertiary/aromatic N) is 1. The number of carbonyl (C=O) groups excluding carboxylic acids is 2. The van der Waals surface area contributed by atoms with Crippen molar-refractivity contribution in [3.8, 4) is 0 Å². The number of anilines is 1. The fourth-order valence-electron chi connectivity index (χ4n) is 2.36. The SMILES string of the molecule is CCC1C(=O)NC(=O)CN1CCc1ccc(N)cc1. The topological polar surface area (TPSA) is 75.4 Å². The van der Waals surface area contributed by atoms with Gasteiger partial charge in [0, 0.05) is 12.2 Å². The summed E-state index contributed by atoms with van der Waals surface area (Å²) in [5, 5.41) is 2.38. The first-order valence-corrected chi connectivity index (χ1v) is 6.52. The molecule has 0 radical (unpaired) electrons. The van der Waals surface area contributed by atoms with Crippen LogP contribution in [0.5, 0.6) is 0 Å². The molecule has 1 aliphatic rings. The number of benzene rings is 1. The Morgan fingerprint density at radius 3 is 2.63 bits per heavy atom. The number of nitrogen functional groups attached to an aromatic ring is 1. The van der Waals surface area contributed by atoms with E-state index in [-0.39, 0.29) is 17.9 Å². The Morgan fingerprint density at radius 2 is 2.00 bits per heavy atom. The van der Waals surface area contributed by atoms with E-state index in [1.165, 1.54) is 0 Å². The van der Waals surface area contributed by atoms with Gasteiger partial charge in [0.1, 0.15) is 0 Å². The summed E-state index contributed by atoms with van der Waals surface area (Å²) in [7, 11) is 0. The third kappa shape index (κ3) is 3.32. The minimum atomic E-state index is -0.216. The molecule has 5 heteroatoms. The fourth-order valence-corrected chi connectivity index (χ4v) is 2.36. The summed E-state index contributed by atoms with van der Waals surface area (Å²) in [6, 6.07) is 7.47. The quantitative estimate of drug-likeness (QED) is 0.613. The predicted molar refractivity (Wildman–Crippen MR) is 73.4 cm³/mol. The Labute approximate surface area is 112 Å². The van der Waals surface area contributed by atoms with Gasteiger partial charge in [0.05, 0.1) is 12.6 Å². The van der Waals surface area contributed by atoms with Crippen molar-refractivity contribution in [1.82, 2.24) is 10.2 Å². The van der Waals surface area contributed by atoms with E-state index in [9.17, 15) is 9.59 Å². The Bertz CT molecular complexity index is 470. The molecule has 1 aromatic rings. The van der Waals surface area contributed by atoms with Crippen LogP contribution in [0.15, 0.2) is 24.3 Å². The third-order valence-corrected chi connectivity index (χ3v) is 3.41. The molecule has 0 saturated carbocycles. The maximum Gasteiger partial charge on any atom is 0.243 e. The van der Waals surface area contributed by atoms with Gasteiger partial charge < -0.3 is 5.73 Å². The summed E-state index contributed by atoms with van der Waals surface area (Å²) in [5.74, 6) is -0.400. The molecule has 1 saturated heterocycles. The lowest BCUT2D eigenvalue weighted by Gasteiger charge is -2.33. The molecule has 2 amide bonds. The summed E-state index contributed by atoms with van der Waals surface area (Å²) in [6.45, 7) is 2.94. The number of hydrogen-bond acceptors (Lipinski definition) is 4. The lowest BCUT2D eigenvalue weighted by Crippen LogP contribution is -2.58. The molecule has 0 spiro atoms. The molecule has 0 aromatic heterocycles.